The lowest BCUT2D eigenvalue weighted by Gasteiger charge is -2.10. The minimum Gasteiger partial charge on any atom is -0.492 e. The number of rotatable bonds is 6. The lowest BCUT2D eigenvalue weighted by molar-refractivity contribution is -0.121. The molecule has 3 rings (SSSR count). The zero-order valence-corrected chi connectivity index (χ0v) is 13.9. The van der Waals surface area contributed by atoms with E-state index < -0.39 is 0 Å². The van der Waals surface area contributed by atoms with E-state index in [1.54, 1.807) is 12.1 Å². The third-order valence-electron chi connectivity index (χ3n) is 3.77. The van der Waals surface area contributed by atoms with Gasteiger partial charge in [0, 0.05) is 0 Å². The fourth-order valence-corrected chi connectivity index (χ4v) is 2.47. The molecule has 1 aromatic heterocycles. The molecule has 0 fully saturated rings. The van der Waals surface area contributed by atoms with Gasteiger partial charge in [-0.25, -0.2) is 4.98 Å². The maximum Gasteiger partial charge on any atom is 0.269 e. The second kappa shape index (κ2) is 7.61. The molecule has 1 heterocycles. The molecule has 0 atom stereocenters. The molecule has 0 aliphatic heterocycles. The van der Waals surface area contributed by atoms with Gasteiger partial charge in [0.2, 0.25) is 5.91 Å². The zero-order chi connectivity index (χ0) is 17.6. The van der Waals surface area contributed by atoms with E-state index in [2.05, 4.69) is 10.3 Å². The molecule has 1 amide bonds. The zero-order valence-electron chi connectivity index (χ0n) is 13.9. The summed E-state index contributed by atoms with van der Waals surface area (Å²) in [6.45, 7) is 2.69. The predicted octanol–water partition coefficient (Wildman–Crippen LogP) is 1.90. The van der Waals surface area contributed by atoms with Crippen molar-refractivity contribution in [3.8, 4) is 5.75 Å². The Labute approximate surface area is 145 Å². The second-order valence-corrected chi connectivity index (χ2v) is 5.68. The van der Waals surface area contributed by atoms with Gasteiger partial charge in [0.15, 0.2) is 0 Å². The van der Waals surface area contributed by atoms with Gasteiger partial charge in [-0.05, 0) is 31.2 Å². The summed E-state index contributed by atoms with van der Waals surface area (Å²) in [6.07, 6.45) is 1.23. The SMILES string of the molecule is Cc1ccc(OCCNC(=O)Cn2c(=O)cnc3ccccc32)cc1. The Morgan fingerprint density at radius 2 is 1.92 bits per heavy atom. The third kappa shape index (κ3) is 4.23. The molecule has 0 spiro atoms. The summed E-state index contributed by atoms with van der Waals surface area (Å²) < 4.78 is 6.98. The lowest BCUT2D eigenvalue weighted by atomic mass is 10.2. The molecule has 0 saturated carbocycles. The number of carbonyl (C=O) groups excluding carboxylic acids is 1. The molecule has 0 aliphatic rings. The van der Waals surface area contributed by atoms with Crippen LogP contribution >= 0.6 is 0 Å². The van der Waals surface area contributed by atoms with Gasteiger partial charge in [-0.1, -0.05) is 29.8 Å². The first-order valence-corrected chi connectivity index (χ1v) is 8.04. The van der Waals surface area contributed by atoms with Gasteiger partial charge >= 0.3 is 0 Å². The quantitative estimate of drug-likeness (QED) is 0.697. The van der Waals surface area contributed by atoms with E-state index in [-0.39, 0.29) is 18.0 Å². The summed E-state index contributed by atoms with van der Waals surface area (Å²) >= 11 is 0. The highest BCUT2D eigenvalue weighted by atomic mass is 16.5. The molecule has 0 unspecified atom stereocenters. The molecule has 2 aromatic carbocycles. The molecule has 6 nitrogen and oxygen atoms in total. The van der Waals surface area contributed by atoms with E-state index in [0.29, 0.717) is 24.2 Å². The van der Waals surface area contributed by atoms with Crippen molar-refractivity contribution in [1.29, 1.82) is 0 Å². The third-order valence-corrected chi connectivity index (χ3v) is 3.77. The van der Waals surface area contributed by atoms with Crippen molar-refractivity contribution in [2.24, 2.45) is 0 Å². The molecule has 0 aliphatic carbocycles. The fraction of sp³-hybridized carbons (Fsp3) is 0.211. The highest BCUT2D eigenvalue weighted by Crippen LogP contribution is 2.11. The molecule has 0 bridgehead atoms. The first kappa shape index (κ1) is 16.7. The monoisotopic (exact) mass is 337 g/mol. The Balaban J connectivity index is 1.55. The number of para-hydroxylation sites is 2. The number of fused-ring (bicyclic) bond motifs is 1. The largest absolute Gasteiger partial charge is 0.492 e. The maximum absolute atomic E-state index is 12.1. The number of hydrogen-bond donors (Lipinski definition) is 1. The Kier molecular flexibility index (Phi) is 5.09. The van der Waals surface area contributed by atoms with Crippen molar-refractivity contribution >= 4 is 16.9 Å². The highest BCUT2D eigenvalue weighted by molar-refractivity contribution is 5.79. The fourth-order valence-electron chi connectivity index (χ4n) is 2.47. The molecule has 1 N–H and O–H groups in total. The van der Waals surface area contributed by atoms with Crippen molar-refractivity contribution < 1.29 is 9.53 Å². The van der Waals surface area contributed by atoms with Crippen LogP contribution in [0.3, 0.4) is 0 Å². The van der Waals surface area contributed by atoms with E-state index in [1.807, 2.05) is 43.3 Å². The van der Waals surface area contributed by atoms with Crippen molar-refractivity contribution in [3.05, 3.63) is 70.6 Å². The standard InChI is InChI=1S/C19H19N3O3/c1-14-6-8-15(9-7-14)25-11-10-20-18(23)13-22-17-5-3-2-4-16(17)21-12-19(22)24/h2-9,12H,10-11,13H2,1H3,(H,20,23). The smallest absolute Gasteiger partial charge is 0.269 e. The Hall–Kier alpha value is -3.15. The Morgan fingerprint density at radius 3 is 2.72 bits per heavy atom. The molecule has 25 heavy (non-hydrogen) atoms. The minimum absolute atomic E-state index is 0.0492. The van der Waals surface area contributed by atoms with Crippen LogP contribution in [0.2, 0.25) is 0 Å². The minimum atomic E-state index is -0.301. The first-order chi connectivity index (χ1) is 12.1. The molecule has 0 radical (unpaired) electrons. The van der Waals surface area contributed by atoms with Gasteiger partial charge in [-0.3, -0.25) is 14.2 Å². The van der Waals surface area contributed by atoms with Crippen LogP contribution in [0.25, 0.3) is 11.0 Å². The van der Waals surface area contributed by atoms with Crippen LogP contribution in [-0.4, -0.2) is 28.6 Å². The predicted molar refractivity (Wildman–Crippen MR) is 95.7 cm³/mol. The number of nitrogens with zero attached hydrogens (tertiary/aromatic N) is 2. The Bertz CT molecular complexity index is 933. The molecule has 3 aromatic rings. The van der Waals surface area contributed by atoms with E-state index in [4.69, 9.17) is 4.74 Å². The summed E-state index contributed by atoms with van der Waals surface area (Å²) in [5.74, 6) is 0.516. The van der Waals surface area contributed by atoms with Crippen molar-refractivity contribution in [1.82, 2.24) is 14.9 Å². The van der Waals surface area contributed by atoms with Gasteiger partial charge in [-0.15, -0.1) is 0 Å². The number of amides is 1. The number of ether oxygens (including phenoxy) is 1. The van der Waals surface area contributed by atoms with Crippen LogP contribution in [0.15, 0.2) is 59.5 Å². The molecule has 128 valence electrons. The van der Waals surface area contributed by atoms with Gasteiger partial charge in [-0.2, -0.15) is 0 Å². The van der Waals surface area contributed by atoms with E-state index in [9.17, 15) is 9.59 Å². The van der Waals surface area contributed by atoms with E-state index in [1.165, 1.54) is 10.8 Å². The summed E-state index contributed by atoms with van der Waals surface area (Å²) in [7, 11) is 0. The number of aromatic nitrogens is 2. The average molecular weight is 337 g/mol. The second-order valence-electron chi connectivity index (χ2n) is 5.68. The van der Waals surface area contributed by atoms with Crippen LogP contribution < -0.4 is 15.6 Å². The van der Waals surface area contributed by atoms with Gasteiger partial charge in [0.1, 0.15) is 18.9 Å². The van der Waals surface area contributed by atoms with E-state index >= 15 is 0 Å². The normalized spacial score (nSPS) is 10.6. The summed E-state index contributed by atoms with van der Waals surface area (Å²) in [5, 5.41) is 2.76. The number of nitrogens with one attached hydrogen (secondary N) is 1. The van der Waals surface area contributed by atoms with E-state index in [0.717, 1.165) is 11.3 Å². The average Bonchev–Trinajstić information content (AvgIpc) is 2.63. The van der Waals surface area contributed by atoms with Crippen LogP contribution in [-0.2, 0) is 11.3 Å². The number of hydrogen-bond acceptors (Lipinski definition) is 4. The van der Waals surface area contributed by atoms with Crippen LogP contribution in [0.1, 0.15) is 5.56 Å². The topological polar surface area (TPSA) is 73.2 Å². The van der Waals surface area contributed by atoms with Crippen molar-refractivity contribution in [2.75, 3.05) is 13.2 Å². The summed E-state index contributed by atoms with van der Waals surface area (Å²) in [6, 6.07) is 14.9. The molecular weight excluding hydrogens is 318 g/mol. The summed E-state index contributed by atoms with van der Waals surface area (Å²) in [5.41, 5.74) is 2.18. The van der Waals surface area contributed by atoms with Gasteiger partial charge in [0.25, 0.3) is 5.56 Å². The van der Waals surface area contributed by atoms with Gasteiger partial charge < -0.3 is 10.1 Å². The highest BCUT2D eigenvalue weighted by Gasteiger charge is 2.08. The molecular formula is C19H19N3O3. The maximum atomic E-state index is 12.1. The van der Waals surface area contributed by atoms with Gasteiger partial charge in [0.05, 0.1) is 23.8 Å². The van der Waals surface area contributed by atoms with Crippen LogP contribution in [0, 0.1) is 6.92 Å². The number of carbonyl (C=O) groups is 1. The molecule has 6 heteroatoms. The number of aryl methyl sites for hydroxylation is 1. The lowest BCUT2D eigenvalue weighted by Crippen LogP contribution is -2.34. The first-order valence-electron chi connectivity index (χ1n) is 8.04. The Morgan fingerprint density at radius 1 is 1.16 bits per heavy atom. The van der Waals surface area contributed by atoms with Crippen LogP contribution in [0.4, 0.5) is 0 Å². The van der Waals surface area contributed by atoms with Crippen molar-refractivity contribution in [2.45, 2.75) is 13.5 Å². The number of benzene rings is 2. The summed E-state index contributed by atoms with van der Waals surface area (Å²) in [4.78, 5) is 28.2. The van der Waals surface area contributed by atoms with Crippen molar-refractivity contribution in [3.63, 3.8) is 0 Å². The van der Waals surface area contributed by atoms with Crippen LogP contribution in [0.5, 0.6) is 5.75 Å². The molecule has 0 saturated heterocycles.